The number of rotatable bonds is 0. The molecule has 0 spiro atoms. The van der Waals surface area contributed by atoms with E-state index < -0.39 is 0 Å². The van der Waals surface area contributed by atoms with Gasteiger partial charge in [0.2, 0.25) is 0 Å². The van der Waals surface area contributed by atoms with Gasteiger partial charge in [0.05, 0.1) is 0 Å². The summed E-state index contributed by atoms with van der Waals surface area (Å²) < 4.78 is 0. The van der Waals surface area contributed by atoms with Crippen molar-refractivity contribution in [2.75, 3.05) is 0 Å². The standard InChI is InChI=1S/6CNO.3Zn/c6*2-1-3;;;/q6*-1;3*+2. The van der Waals surface area contributed by atoms with Crippen LogP contribution in [0.1, 0.15) is 0 Å². The van der Waals surface area contributed by atoms with E-state index in [1.807, 2.05) is 0 Å². The monoisotopic (exact) mass is 444 g/mol. The van der Waals surface area contributed by atoms with Crippen molar-refractivity contribution in [3.05, 3.63) is 32.5 Å². The van der Waals surface area contributed by atoms with Crippen LogP contribution in [-0.2, 0) is 87.2 Å². The maximum Gasteiger partial charge on any atom is 2.00 e. The zero-order chi connectivity index (χ0) is 16.2. The van der Waals surface area contributed by atoms with Crippen molar-refractivity contribution >= 4 is 36.5 Å². The SMILES string of the molecule is [N-]=C=O.[N-]=C=O.[N-]=C=O.[N-]=C=O.[N-]=C=O.[N-]=C=O.[Zn+2].[Zn+2].[Zn+2]. The molecule has 0 atom stereocenters. The van der Waals surface area contributed by atoms with E-state index in [0.29, 0.717) is 36.5 Å². The van der Waals surface area contributed by atoms with Gasteiger partial charge in [0.25, 0.3) is 0 Å². The van der Waals surface area contributed by atoms with Gasteiger partial charge in [-0.1, -0.05) is 0 Å². The van der Waals surface area contributed by atoms with Crippen LogP contribution in [0.5, 0.6) is 0 Å². The molecule has 0 rings (SSSR count). The van der Waals surface area contributed by atoms with E-state index >= 15 is 0 Å². The Kier molecular flexibility index (Phi) is 904. The van der Waals surface area contributed by atoms with Crippen LogP contribution in [-0.4, -0.2) is 36.5 Å². The Morgan fingerprint density at radius 1 is 0.333 bits per heavy atom. The normalized spacial score (nSPS) is 2.29. The first-order valence-electron chi connectivity index (χ1n) is 2.57. The largest absolute Gasteiger partial charge is 2.00 e. The van der Waals surface area contributed by atoms with Crippen LogP contribution in [0, 0.1) is 0 Å². The summed E-state index contributed by atoms with van der Waals surface area (Å²) in [5.41, 5.74) is 0. The van der Waals surface area contributed by atoms with Crippen molar-refractivity contribution in [3.63, 3.8) is 0 Å². The fourth-order valence-electron chi connectivity index (χ4n) is 0. The molecular weight excluding hydrogens is 448 g/mol. The van der Waals surface area contributed by atoms with Crippen LogP contribution in [0.15, 0.2) is 0 Å². The average Bonchev–Trinajstić information content (AvgIpc) is 2.23. The van der Waals surface area contributed by atoms with Crippen LogP contribution in [0.25, 0.3) is 32.5 Å². The van der Waals surface area contributed by atoms with Crippen LogP contribution in [0.2, 0.25) is 0 Å². The molecule has 96 valence electrons. The molecule has 0 aromatic carbocycles. The van der Waals surface area contributed by atoms with Gasteiger partial charge in [-0.2, -0.15) is 0 Å². The number of carbonyl (C=O) groups excluding carboxylic acids is 6. The molecule has 0 aliphatic heterocycles. The first kappa shape index (κ1) is 61.2. The molecule has 0 radical (unpaired) electrons. The van der Waals surface area contributed by atoms with Crippen molar-refractivity contribution in [2.45, 2.75) is 0 Å². The van der Waals surface area contributed by atoms with Gasteiger partial charge >= 0.3 is 58.4 Å². The molecular formula is C6N6O6Zn3. The Morgan fingerprint density at radius 3 is 0.333 bits per heavy atom. The molecule has 0 N–H and O–H groups in total. The third-order valence-corrected chi connectivity index (χ3v) is 0. The Bertz CT molecular complexity index is 260. The third-order valence-electron chi connectivity index (χ3n) is 0. The van der Waals surface area contributed by atoms with Gasteiger partial charge in [0, 0.05) is 0 Å². The molecule has 0 aromatic heterocycles. The predicted octanol–water partition coefficient (Wildman–Crippen LogP) is -0.658. The summed E-state index contributed by atoms with van der Waals surface area (Å²) in [7, 11) is 0. The van der Waals surface area contributed by atoms with Gasteiger partial charge < -0.3 is 32.5 Å². The summed E-state index contributed by atoms with van der Waals surface area (Å²) in [5, 5.41) is 40.6. The van der Waals surface area contributed by atoms with Crippen LogP contribution >= 0.6 is 0 Å². The Labute approximate surface area is 155 Å². The first-order valence-corrected chi connectivity index (χ1v) is 2.57. The molecule has 15 heteroatoms. The maximum atomic E-state index is 8.24. The van der Waals surface area contributed by atoms with Gasteiger partial charge in [0.15, 0.2) is 0 Å². The van der Waals surface area contributed by atoms with Crippen LogP contribution in [0.4, 0.5) is 0 Å². The molecule has 0 bridgehead atoms. The van der Waals surface area contributed by atoms with Gasteiger partial charge in [-0.3, -0.25) is 28.8 Å². The Morgan fingerprint density at radius 2 is 0.333 bits per heavy atom. The minimum Gasteiger partial charge on any atom is -0.724 e. The van der Waals surface area contributed by atoms with E-state index in [9.17, 15) is 0 Å². The summed E-state index contributed by atoms with van der Waals surface area (Å²) in [6, 6.07) is 0. The topological polar surface area (TPSA) is 236 Å². The molecule has 0 unspecified atom stereocenters. The van der Waals surface area contributed by atoms with E-state index in [2.05, 4.69) is 0 Å². The Hall–Kier alpha value is -1.85. The number of nitrogens with zero attached hydrogens (tertiary/aromatic N) is 6. The van der Waals surface area contributed by atoms with E-state index in [0.717, 1.165) is 0 Å². The zero-order valence-corrected chi connectivity index (χ0v) is 19.2. The number of hydrogen-bond acceptors (Lipinski definition) is 6. The molecule has 0 fully saturated rings. The summed E-state index contributed by atoms with van der Waals surface area (Å²) in [5.74, 6) is 0. The first-order chi connectivity index (χ1) is 8.49. The molecule has 0 saturated carbocycles. The van der Waals surface area contributed by atoms with Crippen molar-refractivity contribution in [1.82, 2.24) is 0 Å². The molecule has 0 amide bonds. The minimum absolute atomic E-state index is 0. The zero-order valence-electron chi connectivity index (χ0n) is 10.3. The molecule has 21 heavy (non-hydrogen) atoms. The molecule has 0 aliphatic carbocycles. The maximum absolute atomic E-state index is 8.24. The fraction of sp³-hybridized carbons (Fsp3) is 0. The average molecular weight is 448 g/mol. The molecule has 0 aromatic rings. The number of isocyanates is 6. The number of hydrogen-bond donors (Lipinski definition) is 0. The smallest absolute Gasteiger partial charge is 0.724 e. The van der Waals surface area contributed by atoms with E-state index in [-0.39, 0.29) is 58.4 Å². The van der Waals surface area contributed by atoms with Gasteiger partial charge in [0.1, 0.15) is 0 Å². The third kappa shape index (κ3) is 1380. The summed E-state index contributed by atoms with van der Waals surface area (Å²) in [4.78, 5) is 49.4. The second-order valence-corrected chi connectivity index (χ2v) is 0.548. The van der Waals surface area contributed by atoms with Gasteiger partial charge in [-0.15, -0.1) is 0 Å². The van der Waals surface area contributed by atoms with Gasteiger partial charge in [-0.25, -0.2) is 0 Å². The molecule has 0 saturated heterocycles. The minimum atomic E-state index is 0. The molecule has 0 aliphatic rings. The van der Waals surface area contributed by atoms with Crippen LogP contribution < -0.4 is 0 Å². The molecule has 12 nitrogen and oxygen atoms in total. The van der Waals surface area contributed by atoms with Crippen molar-refractivity contribution in [2.24, 2.45) is 0 Å². The fourth-order valence-corrected chi connectivity index (χ4v) is 0. The van der Waals surface area contributed by atoms with Crippen LogP contribution in [0.3, 0.4) is 0 Å². The molecule has 0 heterocycles. The van der Waals surface area contributed by atoms with E-state index in [1.54, 1.807) is 0 Å². The van der Waals surface area contributed by atoms with Crippen molar-refractivity contribution < 1.29 is 87.2 Å². The van der Waals surface area contributed by atoms with Crippen molar-refractivity contribution in [1.29, 1.82) is 0 Å². The van der Waals surface area contributed by atoms with E-state index in [4.69, 9.17) is 61.2 Å². The second-order valence-electron chi connectivity index (χ2n) is 0.548. The van der Waals surface area contributed by atoms with E-state index in [1.165, 1.54) is 0 Å². The summed E-state index contributed by atoms with van der Waals surface area (Å²) >= 11 is 0. The summed E-state index contributed by atoms with van der Waals surface area (Å²) in [6.07, 6.45) is 3.00. The summed E-state index contributed by atoms with van der Waals surface area (Å²) in [6.45, 7) is 0. The Balaban J connectivity index is -0.0000000114. The second kappa shape index (κ2) is 310. The quantitative estimate of drug-likeness (QED) is 0.264. The predicted molar refractivity (Wildman–Crippen MR) is 54.3 cm³/mol. The van der Waals surface area contributed by atoms with Gasteiger partial charge in [-0.05, 0) is 36.5 Å². The van der Waals surface area contributed by atoms with Crippen molar-refractivity contribution in [3.8, 4) is 0 Å².